The lowest BCUT2D eigenvalue weighted by atomic mass is 9.85. The molecule has 134 valence electrons. The topological polar surface area (TPSA) is 77.5 Å². The molecule has 3 heterocycles. The van der Waals surface area contributed by atoms with Gasteiger partial charge in [-0.2, -0.15) is 0 Å². The van der Waals surface area contributed by atoms with Crippen LogP contribution < -0.4 is 5.32 Å². The summed E-state index contributed by atoms with van der Waals surface area (Å²) in [6.45, 7) is 2.63. The molecule has 1 aliphatic rings. The van der Waals surface area contributed by atoms with Gasteiger partial charge in [0, 0.05) is 11.4 Å². The Morgan fingerprint density at radius 1 is 1.48 bits per heavy atom. The smallest absolute Gasteiger partial charge is 0.418 e. The molecule has 0 spiro atoms. The molecule has 2 atom stereocenters. The molecule has 0 radical (unpaired) electrons. The van der Waals surface area contributed by atoms with Gasteiger partial charge in [-0.05, 0) is 32.4 Å². The predicted molar refractivity (Wildman–Crippen MR) is 91.1 cm³/mol. The Morgan fingerprint density at radius 3 is 2.92 bits per heavy atom. The Kier molecular flexibility index (Phi) is 4.95. The molecule has 1 N–H and O–H groups in total. The molecule has 0 amide bonds. The maximum absolute atomic E-state index is 13.7. The number of hydrogen-bond acceptors (Lipinski definition) is 7. The van der Waals surface area contributed by atoms with Gasteiger partial charge in [-0.15, -0.1) is 11.3 Å². The molecule has 1 aliphatic heterocycles. The summed E-state index contributed by atoms with van der Waals surface area (Å²) >= 11 is 7.29. The number of carbonyl (C=O) groups excluding carboxylic acids is 2. The van der Waals surface area contributed by atoms with Gasteiger partial charge in [0.2, 0.25) is 0 Å². The number of aromatic nitrogens is 1. The van der Waals surface area contributed by atoms with Crippen LogP contribution in [0.5, 0.6) is 0 Å². The number of ether oxygens (including phenoxy) is 2. The number of piperidine rings is 1. The summed E-state index contributed by atoms with van der Waals surface area (Å²) in [6.07, 6.45) is 2.31. The van der Waals surface area contributed by atoms with Crippen molar-refractivity contribution in [3.63, 3.8) is 0 Å². The summed E-state index contributed by atoms with van der Waals surface area (Å²) in [5, 5.41) is 3.68. The first-order valence-electron chi connectivity index (χ1n) is 7.67. The van der Waals surface area contributed by atoms with Crippen molar-refractivity contribution in [2.45, 2.75) is 31.4 Å². The van der Waals surface area contributed by atoms with Crippen LogP contribution in [-0.2, 0) is 24.7 Å². The monoisotopic (exact) mass is 386 g/mol. The van der Waals surface area contributed by atoms with Gasteiger partial charge < -0.3 is 14.8 Å². The minimum atomic E-state index is -1.07. The number of halogens is 2. The van der Waals surface area contributed by atoms with E-state index in [0.29, 0.717) is 21.5 Å². The third-order valence-electron chi connectivity index (χ3n) is 4.37. The Balaban J connectivity index is 2.10. The fraction of sp³-hybridized carbons (Fsp3) is 0.438. The van der Waals surface area contributed by atoms with Crippen molar-refractivity contribution in [2.24, 2.45) is 0 Å². The molecular formula is C16H16ClFN2O4S. The van der Waals surface area contributed by atoms with Gasteiger partial charge in [-0.3, -0.25) is 0 Å². The summed E-state index contributed by atoms with van der Waals surface area (Å²) in [6, 6.07) is 1.42. The van der Waals surface area contributed by atoms with Crippen LogP contribution in [0.1, 0.15) is 24.6 Å². The highest BCUT2D eigenvalue weighted by Gasteiger charge is 2.46. The summed E-state index contributed by atoms with van der Waals surface area (Å²) in [5.41, 5.74) is -1.07. The van der Waals surface area contributed by atoms with Crippen LogP contribution in [0.3, 0.4) is 0 Å². The van der Waals surface area contributed by atoms with Crippen molar-refractivity contribution in [2.75, 3.05) is 13.7 Å². The zero-order chi connectivity index (χ0) is 18.2. The third-order valence-corrected chi connectivity index (χ3v) is 5.96. The number of nitrogens with zero attached hydrogens (tertiary/aromatic N) is 1. The average Bonchev–Trinajstić information content (AvgIpc) is 3.05. The standard InChI is InChI=1S/C16H16ClFN2O4S/c1-8-16(4-3-5-19-8,24-15(22)14(21)23-2)11-6-9-12(17)10(18)7-20-13(9)25-11/h6-8,19H,3-5H2,1-2H3. The second-order valence-electron chi connectivity index (χ2n) is 5.80. The molecule has 9 heteroatoms. The highest BCUT2D eigenvalue weighted by Crippen LogP contribution is 2.43. The van der Waals surface area contributed by atoms with Crippen LogP contribution in [-0.4, -0.2) is 36.6 Å². The van der Waals surface area contributed by atoms with Gasteiger partial charge in [0.25, 0.3) is 0 Å². The number of methoxy groups -OCH3 is 1. The van der Waals surface area contributed by atoms with Crippen molar-refractivity contribution in [3.05, 3.63) is 28.0 Å². The van der Waals surface area contributed by atoms with E-state index in [2.05, 4.69) is 15.0 Å². The number of rotatable bonds is 2. The van der Waals surface area contributed by atoms with Crippen LogP contribution >= 0.6 is 22.9 Å². The van der Waals surface area contributed by atoms with Crippen LogP contribution in [0.15, 0.2) is 12.3 Å². The van der Waals surface area contributed by atoms with Crippen LogP contribution in [0.25, 0.3) is 10.2 Å². The molecule has 2 unspecified atom stereocenters. The van der Waals surface area contributed by atoms with E-state index in [4.69, 9.17) is 16.3 Å². The predicted octanol–water partition coefficient (Wildman–Crippen LogP) is 2.77. The van der Waals surface area contributed by atoms with E-state index < -0.39 is 23.4 Å². The lowest BCUT2D eigenvalue weighted by molar-refractivity contribution is -0.181. The number of pyridine rings is 1. The van der Waals surface area contributed by atoms with Crippen molar-refractivity contribution in [1.82, 2.24) is 10.3 Å². The minimum Gasteiger partial charge on any atom is -0.461 e. The average molecular weight is 387 g/mol. The molecule has 3 rings (SSSR count). The van der Waals surface area contributed by atoms with Gasteiger partial charge in [0.1, 0.15) is 4.83 Å². The third kappa shape index (κ3) is 3.09. The zero-order valence-electron chi connectivity index (χ0n) is 13.6. The largest absolute Gasteiger partial charge is 0.461 e. The summed E-state index contributed by atoms with van der Waals surface area (Å²) in [5.74, 6) is -2.75. The molecule has 1 fully saturated rings. The Bertz CT molecular complexity index is 843. The fourth-order valence-corrected chi connectivity index (χ4v) is 4.51. The van der Waals surface area contributed by atoms with Crippen LogP contribution in [0.4, 0.5) is 4.39 Å². The van der Waals surface area contributed by atoms with Crippen LogP contribution in [0.2, 0.25) is 5.02 Å². The number of fused-ring (bicyclic) bond motifs is 1. The quantitative estimate of drug-likeness (QED) is 0.631. The number of thiophene rings is 1. The summed E-state index contributed by atoms with van der Waals surface area (Å²) in [4.78, 5) is 28.9. The van der Waals surface area contributed by atoms with Crippen molar-refractivity contribution in [1.29, 1.82) is 0 Å². The first-order valence-corrected chi connectivity index (χ1v) is 8.87. The first kappa shape index (κ1) is 18.0. The Morgan fingerprint density at radius 2 is 2.24 bits per heavy atom. The van der Waals surface area contributed by atoms with Gasteiger partial charge >= 0.3 is 11.9 Å². The number of hydrogen-bond donors (Lipinski definition) is 1. The van der Waals surface area contributed by atoms with Gasteiger partial charge in [0.15, 0.2) is 11.4 Å². The second kappa shape index (κ2) is 6.86. The number of carbonyl (C=O) groups is 2. The highest BCUT2D eigenvalue weighted by atomic mass is 35.5. The second-order valence-corrected chi connectivity index (χ2v) is 7.21. The van der Waals surface area contributed by atoms with Crippen molar-refractivity contribution < 1.29 is 23.5 Å². The molecule has 2 aromatic rings. The lowest BCUT2D eigenvalue weighted by Gasteiger charge is -2.41. The fourth-order valence-electron chi connectivity index (χ4n) is 3.01. The lowest BCUT2D eigenvalue weighted by Crippen LogP contribution is -2.53. The molecule has 25 heavy (non-hydrogen) atoms. The summed E-state index contributed by atoms with van der Waals surface area (Å²) < 4.78 is 23.7. The van der Waals surface area contributed by atoms with Gasteiger partial charge in [-0.25, -0.2) is 19.0 Å². The van der Waals surface area contributed by atoms with Crippen molar-refractivity contribution in [3.8, 4) is 0 Å². The molecule has 6 nitrogen and oxygen atoms in total. The SMILES string of the molecule is COC(=O)C(=O)OC1(c2cc3c(Cl)c(F)cnc3s2)CCCNC1C. The van der Waals surface area contributed by atoms with E-state index in [0.717, 1.165) is 26.3 Å². The molecular weight excluding hydrogens is 371 g/mol. The van der Waals surface area contributed by atoms with E-state index in [-0.39, 0.29) is 11.1 Å². The normalized spacial score (nSPS) is 23.4. The maximum atomic E-state index is 13.7. The number of nitrogens with one attached hydrogen (secondary N) is 1. The summed E-state index contributed by atoms with van der Waals surface area (Å²) in [7, 11) is 1.12. The molecule has 0 bridgehead atoms. The number of esters is 2. The van der Waals surface area contributed by atoms with E-state index in [1.165, 1.54) is 11.3 Å². The first-order chi connectivity index (χ1) is 11.9. The van der Waals surface area contributed by atoms with E-state index in [1.54, 1.807) is 6.07 Å². The maximum Gasteiger partial charge on any atom is 0.418 e. The molecule has 0 saturated carbocycles. The van der Waals surface area contributed by atoms with E-state index >= 15 is 0 Å². The molecule has 0 aromatic carbocycles. The van der Waals surface area contributed by atoms with E-state index in [9.17, 15) is 14.0 Å². The molecule has 2 aromatic heterocycles. The Labute approximate surface area is 152 Å². The van der Waals surface area contributed by atoms with Gasteiger partial charge in [-0.1, -0.05) is 11.6 Å². The molecule has 1 saturated heterocycles. The highest BCUT2D eigenvalue weighted by molar-refractivity contribution is 7.18. The van der Waals surface area contributed by atoms with Gasteiger partial charge in [0.05, 0.1) is 23.2 Å². The molecule has 0 aliphatic carbocycles. The van der Waals surface area contributed by atoms with E-state index in [1.807, 2.05) is 6.92 Å². The minimum absolute atomic E-state index is 0.0293. The van der Waals surface area contributed by atoms with Crippen LogP contribution in [0, 0.1) is 5.82 Å². The zero-order valence-corrected chi connectivity index (χ0v) is 15.2. The van der Waals surface area contributed by atoms with Crippen molar-refractivity contribution >= 4 is 45.1 Å². The Hall–Kier alpha value is -1.77.